The molecule has 5 nitrogen and oxygen atoms in total. The van der Waals surface area contributed by atoms with Crippen molar-refractivity contribution in [1.82, 2.24) is 23.7 Å². The van der Waals surface area contributed by atoms with E-state index >= 15 is 0 Å². The molecule has 0 N–H and O–H groups in total. The summed E-state index contributed by atoms with van der Waals surface area (Å²) in [7, 11) is 0. The number of aromatic nitrogens is 5. The maximum atomic E-state index is 5.56. The molecule has 0 atom stereocenters. The van der Waals surface area contributed by atoms with E-state index in [1.807, 2.05) is 0 Å². The van der Waals surface area contributed by atoms with Crippen molar-refractivity contribution in [2.24, 2.45) is 0 Å². The number of fused-ring (bicyclic) bond motifs is 9. The van der Waals surface area contributed by atoms with E-state index in [0.29, 0.717) is 5.95 Å². The SMILES string of the molecule is c1ccc(-c2ccc(-c3nc(-n4c5cc6c(ccn6-c6ccccc6)cc5c5ccc6c7ccccc7n(-c7ccccc7)c6c54)nc4ccccc34)cc2)cc1. The van der Waals surface area contributed by atoms with Crippen LogP contribution in [0.5, 0.6) is 0 Å². The second-order valence-corrected chi connectivity index (χ2v) is 14.7. The fraction of sp³-hybridized carbons (Fsp3) is 0. The fourth-order valence-corrected chi connectivity index (χ4v) is 8.88. The Kier molecular flexibility index (Phi) is 6.86. The average Bonchev–Trinajstić information content (AvgIpc) is 3.96. The van der Waals surface area contributed by atoms with Crippen molar-refractivity contribution in [2.45, 2.75) is 0 Å². The molecule has 266 valence electrons. The monoisotopic (exact) mass is 727 g/mol. The van der Waals surface area contributed by atoms with Crippen LogP contribution < -0.4 is 0 Å². The van der Waals surface area contributed by atoms with Crippen LogP contribution in [-0.2, 0) is 0 Å². The van der Waals surface area contributed by atoms with Crippen LogP contribution in [0.2, 0.25) is 0 Å². The molecule has 0 bridgehead atoms. The highest BCUT2D eigenvalue weighted by Gasteiger charge is 2.24. The van der Waals surface area contributed by atoms with E-state index in [-0.39, 0.29) is 0 Å². The summed E-state index contributed by atoms with van der Waals surface area (Å²) in [6, 6.07) is 69.1. The van der Waals surface area contributed by atoms with Crippen molar-refractivity contribution in [2.75, 3.05) is 0 Å². The predicted octanol–water partition coefficient (Wildman–Crippen LogP) is 13.1. The van der Waals surface area contributed by atoms with Gasteiger partial charge in [0.25, 0.3) is 0 Å². The Morgan fingerprint density at radius 3 is 1.72 bits per heavy atom. The number of benzene rings is 8. The first-order chi connectivity index (χ1) is 28.3. The molecule has 5 heteroatoms. The van der Waals surface area contributed by atoms with E-state index in [1.54, 1.807) is 0 Å². The highest BCUT2D eigenvalue weighted by Crippen LogP contribution is 2.43. The van der Waals surface area contributed by atoms with Crippen LogP contribution in [0, 0.1) is 0 Å². The maximum absolute atomic E-state index is 5.56. The average molecular weight is 728 g/mol. The van der Waals surface area contributed by atoms with Gasteiger partial charge in [0.1, 0.15) is 0 Å². The van der Waals surface area contributed by atoms with Gasteiger partial charge in [-0.15, -0.1) is 0 Å². The fourth-order valence-electron chi connectivity index (χ4n) is 8.88. The van der Waals surface area contributed by atoms with Gasteiger partial charge >= 0.3 is 0 Å². The highest BCUT2D eigenvalue weighted by molar-refractivity contribution is 6.25. The third-order valence-corrected chi connectivity index (χ3v) is 11.5. The summed E-state index contributed by atoms with van der Waals surface area (Å²) >= 11 is 0. The first kappa shape index (κ1) is 31.6. The van der Waals surface area contributed by atoms with Crippen molar-refractivity contribution in [3.63, 3.8) is 0 Å². The minimum absolute atomic E-state index is 0.630. The van der Waals surface area contributed by atoms with Crippen LogP contribution in [-0.4, -0.2) is 23.7 Å². The number of para-hydroxylation sites is 4. The third kappa shape index (κ3) is 4.82. The van der Waals surface area contributed by atoms with Crippen molar-refractivity contribution in [3.8, 4) is 39.7 Å². The van der Waals surface area contributed by atoms with Gasteiger partial charge < -0.3 is 9.13 Å². The van der Waals surface area contributed by atoms with Gasteiger partial charge in [-0.1, -0.05) is 140 Å². The lowest BCUT2D eigenvalue weighted by molar-refractivity contribution is 1.01. The first-order valence-corrected chi connectivity index (χ1v) is 19.3. The van der Waals surface area contributed by atoms with Gasteiger partial charge in [0.15, 0.2) is 0 Å². The maximum Gasteiger partial charge on any atom is 0.235 e. The summed E-state index contributed by atoms with van der Waals surface area (Å²) in [6.07, 6.45) is 2.17. The minimum atomic E-state index is 0.630. The smallest absolute Gasteiger partial charge is 0.235 e. The largest absolute Gasteiger partial charge is 0.316 e. The number of hydrogen-bond donors (Lipinski definition) is 0. The number of hydrogen-bond acceptors (Lipinski definition) is 2. The molecule has 12 aromatic rings. The molecule has 12 rings (SSSR count). The van der Waals surface area contributed by atoms with E-state index in [0.717, 1.165) is 71.9 Å². The molecule has 0 saturated carbocycles. The Balaban J connectivity index is 1.22. The van der Waals surface area contributed by atoms with Gasteiger partial charge in [0.2, 0.25) is 5.95 Å². The normalized spacial score (nSPS) is 11.9. The van der Waals surface area contributed by atoms with Crippen LogP contribution >= 0.6 is 0 Å². The molecule has 0 aliphatic rings. The van der Waals surface area contributed by atoms with Crippen LogP contribution in [0.4, 0.5) is 0 Å². The van der Waals surface area contributed by atoms with E-state index in [1.165, 1.54) is 27.3 Å². The Morgan fingerprint density at radius 1 is 0.351 bits per heavy atom. The summed E-state index contributed by atoms with van der Waals surface area (Å²) < 4.78 is 7.01. The molecule has 0 fully saturated rings. The standard InChI is InChI=1S/C52H33N5/c1-4-14-34(15-5-1)35-24-26-36(27-25-35)49-43-21-10-12-22-45(43)53-52(54-49)57-48-33-47-37(30-31-55(47)38-16-6-2-7-17-38)32-44(48)42-29-28-41-40-20-11-13-23-46(40)56(50(41)51(42)57)39-18-8-3-9-19-39/h1-33H. The van der Waals surface area contributed by atoms with Crippen molar-refractivity contribution in [1.29, 1.82) is 0 Å². The van der Waals surface area contributed by atoms with Crippen LogP contribution in [0.1, 0.15) is 0 Å². The molecule has 8 aromatic carbocycles. The Labute approximate surface area is 328 Å². The lowest BCUT2D eigenvalue weighted by atomic mass is 10.0. The first-order valence-electron chi connectivity index (χ1n) is 19.3. The quantitative estimate of drug-likeness (QED) is 0.177. The molecule has 4 aromatic heterocycles. The lowest BCUT2D eigenvalue weighted by Gasteiger charge is -2.14. The summed E-state index contributed by atoms with van der Waals surface area (Å²) in [5.74, 6) is 0.630. The number of nitrogens with zero attached hydrogens (tertiary/aromatic N) is 5. The summed E-state index contributed by atoms with van der Waals surface area (Å²) in [5, 5.41) is 6.88. The van der Waals surface area contributed by atoms with Gasteiger partial charge in [0.05, 0.1) is 38.8 Å². The van der Waals surface area contributed by atoms with Gasteiger partial charge in [-0.3, -0.25) is 4.57 Å². The van der Waals surface area contributed by atoms with Crippen molar-refractivity contribution in [3.05, 3.63) is 200 Å². The van der Waals surface area contributed by atoms with Crippen molar-refractivity contribution < 1.29 is 0 Å². The zero-order chi connectivity index (χ0) is 37.5. The Hall–Kier alpha value is -7.76. The predicted molar refractivity (Wildman–Crippen MR) is 236 cm³/mol. The Morgan fingerprint density at radius 2 is 0.947 bits per heavy atom. The van der Waals surface area contributed by atoms with E-state index < -0.39 is 0 Å². The molecule has 0 saturated heterocycles. The van der Waals surface area contributed by atoms with Crippen LogP contribution in [0.15, 0.2) is 200 Å². The van der Waals surface area contributed by atoms with Gasteiger partial charge in [0, 0.05) is 55.5 Å². The minimum Gasteiger partial charge on any atom is -0.316 e. The lowest BCUT2D eigenvalue weighted by Crippen LogP contribution is -2.05. The molecule has 0 spiro atoms. The molecule has 0 aliphatic heterocycles. The highest BCUT2D eigenvalue weighted by atomic mass is 15.2. The summed E-state index contributed by atoms with van der Waals surface area (Å²) in [5.41, 5.74) is 12.9. The number of rotatable bonds is 5. The zero-order valence-electron chi connectivity index (χ0n) is 30.8. The molecule has 4 heterocycles. The second kappa shape index (κ2) is 12.4. The Bertz CT molecular complexity index is 3490. The van der Waals surface area contributed by atoms with Gasteiger partial charge in [-0.25, -0.2) is 9.97 Å². The topological polar surface area (TPSA) is 40.6 Å². The third-order valence-electron chi connectivity index (χ3n) is 11.5. The molecular weight excluding hydrogens is 695 g/mol. The zero-order valence-corrected chi connectivity index (χ0v) is 30.8. The second-order valence-electron chi connectivity index (χ2n) is 14.7. The summed E-state index contributed by atoms with van der Waals surface area (Å²) in [6.45, 7) is 0. The molecule has 0 radical (unpaired) electrons. The van der Waals surface area contributed by atoms with Gasteiger partial charge in [-0.2, -0.15) is 0 Å². The molecule has 0 amide bonds. The van der Waals surface area contributed by atoms with Crippen LogP contribution in [0.25, 0.3) is 105 Å². The van der Waals surface area contributed by atoms with E-state index in [4.69, 9.17) is 9.97 Å². The molecule has 0 unspecified atom stereocenters. The summed E-state index contributed by atoms with van der Waals surface area (Å²) in [4.78, 5) is 11.0. The molecule has 0 aliphatic carbocycles. The molecular formula is C52H33N5. The van der Waals surface area contributed by atoms with E-state index in [9.17, 15) is 0 Å². The van der Waals surface area contributed by atoms with Crippen molar-refractivity contribution >= 4 is 65.4 Å². The molecule has 57 heavy (non-hydrogen) atoms. The van der Waals surface area contributed by atoms with Crippen LogP contribution in [0.3, 0.4) is 0 Å². The van der Waals surface area contributed by atoms with E-state index in [2.05, 4.69) is 214 Å². The van der Waals surface area contributed by atoms with Gasteiger partial charge in [-0.05, 0) is 65.7 Å².